The number of fused-ring (bicyclic) bond motifs is 1. The number of anilines is 1. The molecule has 0 aromatic heterocycles. The predicted octanol–water partition coefficient (Wildman–Crippen LogP) is 3.75. The third-order valence-electron chi connectivity index (χ3n) is 4.61. The van der Waals surface area contributed by atoms with Gasteiger partial charge in [-0.05, 0) is 53.9 Å². The van der Waals surface area contributed by atoms with Crippen molar-refractivity contribution < 1.29 is 18.7 Å². The Balaban J connectivity index is 1.77. The smallest absolute Gasteiger partial charge is 0.276 e. The van der Waals surface area contributed by atoms with E-state index in [1.54, 1.807) is 0 Å². The topological polar surface area (TPSA) is 40.5 Å². The van der Waals surface area contributed by atoms with Crippen molar-refractivity contribution in [2.45, 2.75) is 12.1 Å². The molecule has 3 aromatic carbocycles. The molecule has 0 unspecified atom stereocenters. The summed E-state index contributed by atoms with van der Waals surface area (Å²) < 4.78 is 26.9. The minimum atomic E-state index is -2.18. The molecule has 3 aromatic rings. The van der Waals surface area contributed by atoms with Crippen LogP contribution in [-0.4, -0.2) is 11.0 Å². The first-order valence-electron chi connectivity index (χ1n) is 8.64. The molecule has 0 bridgehead atoms. The number of amides is 1. The summed E-state index contributed by atoms with van der Waals surface area (Å²) in [5.74, 6) is 3.63. The summed E-state index contributed by atoms with van der Waals surface area (Å²) in [6.07, 6.45) is 0. The molecule has 1 N–H and O–H groups in total. The molecule has 5 heteroatoms. The molecule has 0 aliphatic carbocycles. The highest BCUT2D eigenvalue weighted by atomic mass is 19.1. The van der Waals surface area contributed by atoms with E-state index < -0.39 is 23.1 Å². The van der Waals surface area contributed by atoms with Crippen molar-refractivity contribution in [3.63, 3.8) is 0 Å². The van der Waals surface area contributed by atoms with Crippen LogP contribution in [-0.2, 0) is 16.9 Å². The average molecular weight is 375 g/mol. The van der Waals surface area contributed by atoms with Crippen LogP contribution < -0.4 is 4.90 Å². The lowest BCUT2D eigenvalue weighted by Crippen LogP contribution is -2.39. The molecule has 1 heterocycles. The Kier molecular flexibility index (Phi) is 4.42. The number of hydrogen-bond acceptors (Lipinski definition) is 2. The summed E-state index contributed by atoms with van der Waals surface area (Å²) in [5.41, 5.74) is -0.376. The fraction of sp³-hybridized carbons (Fsp3) is 0.0870. The Morgan fingerprint density at radius 1 is 0.929 bits per heavy atom. The number of halogens is 2. The van der Waals surface area contributed by atoms with Crippen LogP contribution in [0.2, 0.25) is 0 Å². The molecule has 0 radical (unpaired) electrons. The Labute approximate surface area is 160 Å². The lowest BCUT2D eigenvalue weighted by atomic mass is 9.95. The number of carbonyl (C=O) groups is 1. The first kappa shape index (κ1) is 17.9. The molecule has 3 nitrogen and oxygen atoms in total. The fourth-order valence-corrected chi connectivity index (χ4v) is 3.19. The van der Waals surface area contributed by atoms with Gasteiger partial charge in [-0.3, -0.25) is 4.79 Å². The van der Waals surface area contributed by atoms with Gasteiger partial charge in [-0.2, -0.15) is 0 Å². The molecule has 1 aliphatic heterocycles. The van der Waals surface area contributed by atoms with Gasteiger partial charge in [-0.25, -0.2) is 8.78 Å². The van der Waals surface area contributed by atoms with Crippen LogP contribution in [0.1, 0.15) is 16.7 Å². The monoisotopic (exact) mass is 375 g/mol. The second-order valence-electron chi connectivity index (χ2n) is 6.51. The molecule has 0 fully saturated rings. The maximum Gasteiger partial charge on any atom is 0.276 e. The zero-order valence-electron chi connectivity index (χ0n) is 14.7. The van der Waals surface area contributed by atoms with Crippen LogP contribution in [0, 0.1) is 23.5 Å². The number of rotatable bonds is 2. The van der Waals surface area contributed by atoms with E-state index in [4.69, 9.17) is 0 Å². The summed E-state index contributed by atoms with van der Waals surface area (Å²) in [5, 5.41) is 11.1. The molecular formula is C23H15F2NO2. The lowest BCUT2D eigenvalue weighted by molar-refractivity contribution is -0.130. The standard InChI is InChI=1S/C23H15F2NO2/c24-18-8-6-16(7-9-18)12-13-23(28)20-14-19(25)10-11-21(20)26(22(23)27)15-17-4-2-1-3-5-17/h1-11,14,28H,15H2/t23-/m0/s1. The molecule has 0 saturated heterocycles. The largest absolute Gasteiger partial charge is 0.366 e. The maximum atomic E-state index is 13.9. The van der Waals surface area contributed by atoms with Crippen molar-refractivity contribution in [2.24, 2.45) is 0 Å². The van der Waals surface area contributed by atoms with Crippen LogP contribution in [0.15, 0.2) is 72.8 Å². The molecule has 0 saturated carbocycles. The van der Waals surface area contributed by atoms with Gasteiger partial charge >= 0.3 is 0 Å². The van der Waals surface area contributed by atoms with Crippen LogP contribution in [0.5, 0.6) is 0 Å². The quantitative estimate of drug-likeness (QED) is 0.693. The molecule has 1 aliphatic rings. The van der Waals surface area contributed by atoms with Gasteiger partial charge in [0, 0.05) is 11.1 Å². The maximum absolute atomic E-state index is 13.9. The summed E-state index contributed by atoms with van der Waals surface area (Å²) in [7, 11) is 0. The highest BCUT2D eigenvalue weighted by Gasteiger charge is 2.49. The SMILES string of the molecule is O=C1N(Cc2ccccc2)c2ccc(F)cc2[C@@]1(O)C#Cc1ccc(F)cc1. The van der Waals surface area contributed by atoms with Gasteiger partial charge in [0.05, 0.1) is 12.2 Å². The summed E-state index contributed by atoms with van der Waals surface area (Å²) in [6.45, 7) is 0.221. The highest BCUT2D eigenvalue weighted by molar-refractivity contribution is 6.09. The van der Waals surface area contributed by atoms with E-state index in [-0.39, 0.29) is 12.1 Å². The highest BCUT2D eigenvalue weighted by Crippen LogP contribution is 2.41. The summed E-state index contributed by atoms with van der Waals surface area (Å²) in [6, 6.07) is 18.5. The van der Waals surface area contributed by atoms with Crippen LogP contribution >= 0.6 is 0 Å². The van der Waals surface area contributed by atoms with Crippen LogP contribution in [0.4, 0.5) is 14.5 Å². The average Bonchev–Trinajstić information content (AvgIpc) is 2.90. The first-order valence-corrected chi connectivity index (χ1v) is 8.64. The van der Waals surface area contributed by atoms with E-state index in [9.17, 15) is 18.7 Å². The van der Waals surface area contributed by atoms with Gasteiger partial charge in [-0.1, -0.05) is 36.3 Å². The number of carbonyl (C=O) groups excluding carboxylic acids is 1. The van der Waals surface area contributed by atoms with Gasteiger partial charge in [0.1, 0.15) is 11.6 Å². The van der Waals surface area contributed by atoms with Gasteiger partial charge in [0.25, 0.3) is 5.91 Å². The van der Waals surface area contributed by atoms with Gasteiger partial charge < -0.3 is 10.0 Å². The van der Waals surface area contributed by atoms with E-state index in [1.807, 2.05) is 30.3 Å². The van der Waals surface area contributed by atoms with Crippen molar-refractivity contribution >= 4 is 11.6 Å². The molecule has 4 rings (SSSR count). The predicted molar refractivity (Wildman–Crippen MR) is 101 cm³/mol. The first-order chi connectivity index (χ1) is 13.5. The molecule has 28 heavy (non-hydrogen) atoms. The molecule has 1 amide bonds. The van der Waals surface area contributed by atoms with Crippen molar-refractivity contribution in [1.29, 1.82) is 0 Å². The van der Waals surface area contributed by atoms with E-state index >= 15 is 0 Å². The third kappa shape index (κ3) is 3.15. The van der Waals surface area contributed by atoms with Gasteiger partial charge in [0.15, 0.2) is 0 Å². The van der Waals surface area contributed by atoms with Crippen molar-refractivity contribution in [3.8, 4) is 11.8 Å². The molecule has 138 valence electrons. The summed E-state index contributed by atoms with van der Waals surface area (Å²) in [4.78, 5) is 14.5. The zero-order chi connectivity index (χ0) is 19.7. The van der Waals surface area contributed by atoms with E-state index in [2.05, 4.69) is 11.8 Å². The van der Waals surface area contributed by atoms with E-state index in [0.717, 1.165) is 11.6 Å². The molecule has 1 atom stereocenters. The second-order valence-corrected chi connectivity index (χ2v) is 6.51. The van der Waals surface area contributed by atoms with Gasteiger partial charge in [-0.15, -0.1) is 0 Å². The number of benzene rings is 3. The minimum Gasteiger partial charge on any atom is -0.366 e. The third-order valence-corrected chi connectivity index (χ3v) is 4.61. The van der Waals surface area contributed by atoms with E-state index in [1.165, 1.54) is 41.3 Å². The summed E-state index contributed by atoms with van der Waals surface area (Å²) >= 11 is 0. The normalized spacial score (nSPS) is 17.8. The van der Waals surface area contributed by atoms with Crippen molar-refractivity contribution in [3.05, 3.63) is 101 Å². The van der Waals surface area contributed by atoms with Crippen LogP contribution in [0.3, 0.4) is 0 Å². The zero-order valence-corrected chi connectivity index (χ0v) is 14.7. The Morgan fingerprint density at radius 3 is 2.32 bits per heavy atom. The lowest BCUT2D eigenvalue weighted by Gasteiger charge is -2.19. The minimum absolute atomic E-state index is 0.100. The fourth-order valence-electron chi connectivity index (χ4n) is 3.19. The Bertz CT molecular complexity index is 1100. The van der Waals surface area contributed by atoms with Gasteiger partial charge in [0.2, 0.25) is 5.60 Å². The van der Waals surface area contributed by atoms with Crippen LogP contribution in [0.25, 0.3) is 0 Å². The second kappa shape index (κ2) is 6.91. The molecule has 0 spiro atoms. The number of aliphatic hydroxyl groups is 1. The number of nitrogens with zero attached hydrogens (tertiary/aromatic N) is 1. The Hall–Kier alpha value is -3.49. The van der Waals surface area contributed by atoms with Crippen molar-refractivity contribution in [2.75, 3.05) is 4.90 Å². The van der Waals surface area contributed by atoms with E-state index in [0.29, 0.717) is 11.3 Å². The Morgan fingerprint density at radius 2 is 1.61 bits per heavy atom. The molecular weight excluding hydrogens is 360 g/mol. The number of hydrogen-bond donors (Lipinski definition) is 1. The van der Waals surface area contributed by atoms with Crippen molar-refractivity contribution in [1.82, 2.24) is 0 Å².